The standard InChI is InChI=1S/C21H31N3O2/c1-4-5-6-11-26-18-9-7-17(8-10-18)23-21(25)19-14-22-24-16(3)12-15(2)13-20(19)24/h12-14,17-18H,4-11H2,1-3H3,(H,23,25)/t17-,18-. The molecule has 1 aliphatic rings. The zero-order chi connectivity index (χ0) is 18.5. The van der Waals surface area contributed by atoms with Gasteiger partial charge in [-0.25, -0.2) is 4.52 Å². The van der Waals surface area contributed by atoms with E-state index in [0.29, 0.717) is 11.7 Å². The first-order chi connectivity index (χ1) is 12.6. The van der Waals surface area contributed by atoms with Crippen LogP contribution in [0.15, 0.2) is 18.3 Å². The van der Waals surface area contributed by atoms with Crippen LogP contribution in [0.3, 0.4) is 0 Å². The Bertz CT molecular complexity index is 745. The van der Waals surface area contributed by atoms with Crippen molar-refractivity contribution in [3.05, 3.63) is 35.2 Å². The third-order valence-corrected chi connectivity index (χ3v) is 5.30. The lowest BCUT2D eigenvalue weighted by atomic mass is 9.92. The Kier molecular flexibility index (Phi) is 6.30. The van der Waals surface area contributed by atoms with Crippen molar-refractivity contribution in [3.63, 3.8) is 0 Å². The summed E-state index contributed by atoms with van der Waals surface area (Å²) in [6.07, 6.45) is 9.70. The molecular weight excluding hydrogens is 326 g/mol. The third-order valence-electron chi connectivity index (χ3n) is 5.30. The van der Waals surface area contributed by atoms with Gasteiger partial charge in [0, 0.05) is 18.3 Å². The van der Waals surface area contributed by atoms with Gasteiger partial charge in [0.15, 0.2) is 0 Å². The molecule has 0 bridgehead atoms. The molecule has 0 atom stereocenters. The minimum absolute atomic E-state index is 0.0164. The summed E-state index contributed by atoms with van der Waals surface area (Å²) in [6.45, 7) is 7.14. The van der Waals surface area contributed by atoms with E-state index in [1.807, 2.05) is 24.4 Å². The molecule has 5 nitrogen and oxygen atoms in total. The molecule has 0 aliphatic heterocycles. The quantitative estimate of drug-likeness (QED) is 0.756. The third kappa shape index (κ3) is 4.44. The van der Waals surface area contributed by atoms with Crippen LogP contribution in [0.25, 0.3) is 5.52 Å². The molecule has 5 heteroatoms. The van der Waals surface area contributed by atoms with Crippen molar-refractivity contribution in [1.29, 1.82) is 0 Å². The van der Waals surface area contributed by atoms with E-state index in [0.717, 1.165) is 55.5 Å². The SMILES string of the molecule is CCCCCO[C@H]1CC[C@H](NC(=O)c2cnn3c(C)cc(C)cc23)CC1. The Hall–Kier alpha value is -1.88. The van der Waals surface area contributed by atoms with E-state index in [-0.39, 0.29) is 11.9 Å². The van der Waals surface area contributed by atoms with E-state index >= 15 is 0 Å². The lowest BCUT2D eigenvalue weighted by Crippen LogP contribution is -2.39. The zero-order valence-corrected chi connectivity index (χ0v) is 16.3. The molecule has 2 aromatic rings. The molecule has 2 aromatic heterocycles. The first-order valence-corrected chi connectivity index (χ1v) is 9.96. The summed E-state index contributed by atoms with van der Waals surface area (Å²) in [5.41, 5.74) is 3.73. The minimum atomic E-state index is -0.0164. The molecule has 26 heavy (non-hydrogen) atoms. The van der Waals surface area contributed by atoms with Gasteiger partial charge in [0.2, 0.25) is 0 Å². The highest BCUT2D eigenvalue weighted by Gasteiger charge is 2.24. The van der Waals surface area contributed by atoms with Gasteiger partial charge in [-0.15, -0.1) is 0 Å². The van der Waals surface area contributed by atoms with Crippen LogP contribution in [0.5, 0.6) is 0 Å². The van der Waals surface area contributed by atoms with E-state index < -0.39 is 0 Å². The summed E-state index contributed by atoms with van der Waals surface area (Å²) in [4.78, 5) is 12.7. The van der Waals surface area contributed by atoms with Crippen molar-refractivity contribution < 1.29 is 9.53 Å². The summed E-state index contributed by atoms with van der Waals surface area (Å²) in [5, 5.41) is 7.57. The van der Waals surface area contributed by atoms with Crippen LogP contribution < -0.4 is 5.32 Å². The van der Waals surface area contributed by atoms with Crippen molar-refractivity contribution in [1.82, 2.24) is 14.9 Å². The topological polar surface area (TPSA) is 55.6 Å². The van der Waals surface area contributed by atoms with Crippen LogP contribution in [0, 0.1) is 13.8 Å². The highest BCUT2D eigenvalue weighted by molar-refractivity contribution is 6.00. The van der Waals surface area contributed by atoms with Crippen LogP contribution in [0.2, 0.25) is 0 Å². The number of pyridine rings is 1. The number of rotatable bonds is 7. The van der Waals surface area contributed by atoms with Gasteiger partial charge in [-0.05, 0) is 63.6 Å². The Morgan fingerprint density at radius 3 is 2.73 bits per heavy atom. The van der Waals surface area contributed by atoms with Gasteiger partial charge >= 0.3 is 0 Å². The van der Waals surface area contributed by atoms with Gasteiger partial charge in [0.05, 0.1) is 23.4 Å². The van der Waals surface area contributed by atoms with E-state index in [1.165, 1.54) is 12.8 Å². The van der Waals surface area contributed by atoms with Crippen molar-refractivity contribution in [3.8, 4) is 0 Å². The molecule has 0 unspecified atom stereocenters. The first kappa shape index (κ1) is 18.9. The van der Waals surface area contributed by atoms with Crippen LogP contribution in [-0.2, 0) is 4.74 Å². The lowest BCUT2D eigenvalue weighted by molar-refractivity contribution is 0.0205. The van der Waals surface area contributed by atoms with Crippen LogP contribution in [-0.4, -0.2) is 34.3 Å². The Balaban J connectivity index is 1.53. The summed E-state index contributed by atoms with van der Waals surface area (Å²) in [6, 6.07) is 4.33. The average Bonchev–Trinajstić information content (AvgIpc) is 3.04. The molecule has 1 N–H and O–H groups in total. The van der Waals surface area contributed by atoms with E-state index in [4.69, 9.17) is 4.74 Å². The number of carbonyl (C=O) groups excluding carboxylic acids is 1. The highest BCUT2D eigenvalue weighted by atomic mass is 16.5. The number of carbonyl (C=O) groups is 1. The molecular formula is C21H31N3O2. The van der Waals surface area contributed by atoms with Crippen molar-refractivity contribution >= 4 is 11.4 Å². The van der Waals surface area contributed by atoms with E-state index in [2.05, 4.69) is 23.4 Å². The first-order valence-electron chi connectivity index (χ1n) is 9.96. The number of nitrogens with zero attached hydrogens (tertiary/aromatic N) is 2. The molecule has 0 spiro atoms. The highest BCUT2D eigenvalue weighted by Crippen LogP contribution is 2.23. The zero-order valence-electron chi connectivity index (χ0n) is 16.3. The van der Waals surface area contributed by atoms with E-state index in [9.17, 15) is 4.79 Å². The monoisotopic (exact) mass is 357 g/mol. The van der Waals surface area contributed by atoms with Crippen molar-refractivity contribution in [2.45, 2.75) is 77.9 Å². The number of aromatic nitrogens is 2. The summed E-state index contributed by atoms with van der Waals surface area (Å²) in [7, 11) is 0. The Morgan fingerprint density at radius 1 is 1.23 bits per heavy atom. The lowest BCUT2D eigenvalue weighted by Gasteiger charge is -2.29. The maximum absolute atomic E-state index is 12.7. The second kappa shape index (κ2) is 8.67. The maximum atomic E-state index is 12.7. The molecule has 1 fully saturated rings. The molecule has 1 aliphatic carbocycles. The molecule has 2 heterocycles. The van der Waals surface area contributed by atoms with Gasteiger partial charge in [-0.3, -0.25) is 4.79 Å². The number of amides is 1. The largest absolute Gasteiger partial charge is 0.378 e. The number of nitrogens with one attached hydrogen (secondary N) is 1. The molecule has 142 valence electrons. The van der Waals surface area contributed by atoms with E-state index in [1.54, 1.807) is 6.20 Å². The normalized spacial score (nSPS) is 20.4. The number of hydrogen-bond acceptors (Lipinski definition) is 3. The van der Waals surface area contributed by atoms with Gasteiger partial charge in [0.1, 0.15) is 0 Å². The Morgan fingerprint density at radius 2 is 2.00 bits per heavy atom. The van der Waals surface area contributed by atoms with Crippen LogP contribution >= 0.6 is 0 Å². The molecule has 3 rings (SSSR count). The fraction of sp³-hybridized carbons (Fsp3) is 0.619. The maximum Gasteiger partial charge on any atom is 0.255 e. The molecule has 1 amide bonds. The molecule has 0 aromatic carbocycles. The summed E-state index contributed by atoms with van der Waals surface area (Å²) >= 11 is 0. The minimum Gasteiger partial charge on any atom is -0.378 e. The Labute approximate surface area is 156 Å². The number of aryl methyl sites for hydroxylation is 2. The van der Waals surface area contributed by atoms with Gasteiger partial charge < -0.3 is 10.1 Å². The van der Waals surface area contributed by atoms with Gasteiger partial charge in [-0.1, -0.05) is 19.8 Å². The number of fused-ring (bicyclic) bond motifs is 1. The van der Waals surface area contributed by atoms with Crippen molar-refractivity contribution in [2.75, 3.05) is 6.61 Å². The molecule has 0 radical (unpaired) electrons. The number of hydrogen-bond donors (Lipinski definition) is 1. The van der Waals surface area contributed by atoms with Gasteiger partial charge in [-0.2, -0.15) is 5.10 Å². The summed E-state index contributed by atoms with van der Waals surface area (Å²) < 4.78 is 7.80. The number of unbranched alkanes of at least 4 members (excludes halogenated alkanes) is 2. The second-order valence-electron chi connectivity index (χ2n) is 7.55. The average molecular weight is 357 g/mol. The second-order valence-corrected chi connectivity index (χ2v) is 7.55. The van der Waals surface area contributed by atoms with Gasteiger partial charge in [0.25, 0.3) is 5.91 Å². The van der Waals surface area contributed by atoms with Crippen molar-refractivity contribution in [2.24, 2.45) is 0 Å². The fourth-order valence-electron chi connectivity index (χ4n) is 3.84. The smallest absolute Gasteiger partial charge is 0.255 e. The predicted molar refractivity (Wildman–Crippen MR) is 104 cm³/mol. The fourth-order valence-corrected chi connectivity index (χ4v) is 3.84. The predicted octanol–water partition coefficient (Wildman–Crippen LogP) is 4.20. The van der Waals surface area contributed by atoms with Crippen LogP contribution in [0.4, 0.5) is 0 Å². The molecule has 1 saturated carbocycles. The molecule has 0 saturated heterocycles. The summed E-state index contributed by atoms with van der Waals surface area (Å²) in [5.74, 6) is -0.0164. The van der Waals surface area contributed by atoms with Crippen LogP contribution in [0.1, 0.15) is 73.5 Å². The number of ether oxygens (including phenoxy) is 1.